The van der Waals surface area contributed by atoms with Gasteiger partial charge in [0.05, 0.1) is 43.9 Å². The van der Waals surface area contributed by atoms with E-state index in [-0.39, 0.29) is 18.5 Å². The predicted molar refractivity (Wildman–Crippen MR) is 91.0 cm³/mol. The van der Waals surface area contributed by atoms with Crippen LogP contribution in [0.4, 0.5) is 0 Å². The fraction of sp³-hybridized carbons (Fsp3) is 0.579. The number of benzene rings is 1. The maximum atomic E-state index is 12.1. The summed E-state index contributed by atoms with van der Waals surface area (Å²) in [5.41, 5.74) is 0.174. The average molecular weight is 350 g/mol. The second-order valence-electron chi connectivity index (χ2n) is 6.95. The number of carbonyl (C=O) groups excluding carboxylic acids is 1. The summed E-state index contributed by atoms with van der Waals surface area (Å²) in [5.74, 6) is -1.31. The number of hydrogen-bond acceptors (Lipinski definition) is 5. The van der Waals surface area contributed by atoms with Gasteiger partial charge in [0.25, 0.3) is 0 Å². The van der Waals surface area contributed by atoms with Crippen LogP contribution < -0.4 is 0 Å². The minimum atomic E-state index is -0.927. The Bertz CT molecular complexity index is 583. The zero-order valence-corrected chi connectivity index (χ0v) is 14.9. The van der Waals surface area contributed by atoms with Gasteiger partial charge in [-0.2, -0.15) is 0 Å². The van der Waals surface area contributed by atoms with Crippen molar-refractivity contribution in [2.75, 3.05) is 7.11 Å². The number of aliphatic carboxylic acids is 1. The van der Waals surface area contributed by atoms with Gasteiger partial charge in [-0.05, 0) is 19.4 Å². The molecule has 0 spiro atoms. The Kier molecular flexibility index (Phi) is 6.56. The van der Waals surface area contributed by atoms with Gasteiger partial charge in [0, 0.05) is 12.8 Å². The Morgan fingerprint density at radius 1 is 1.24 bits per heavy atom. The Hall–Kier alpha value is -1.92. The first-order valence-corrected chi connectivity index (χ1v) is 8.44. The molecule has 0 saturated carbocycles. The van der Waals surface area contributed by atoms with E-state index >= 15 is 0 Å². The molecule has 0 radical (unpaired) electrons. The molecule has 0 aliphatic carbocycles. The summed E-state index contributed by atoms with van der Waals surface area (Å²) in [6, 6.07) is 9.78. The third-order valence-corrected chi connectivity index (χ3v) is 4.61. The first-order valence-electron chi connectivity index (χ1n) is 8.44. The van der Waals surface area contributed by atoms with Gasteiger partial charge in [0.15, 0.2) is 0 Å². The molecule has 1 N–H and O–H groups in total. The lowest BCUT2D eigenvalue weighted by molar-refractivity contribution is -0.184. The summed E-state index contributed by atoms with van der Waals surface area (Å²) in [7, 11) is 1.34. The zero-order chi connectivity index (χ0) is 18.4. The van der Waals surface area contributed by atoms with Crippen molar-refractivity contribution in [3.8, 4) is 0 Å². The molecule has 6 nitrogen and oxygen atoms in total. The largest absolute Gasteiger partial charge is 0.481 e. The number of ether oxygens (including phenoxy) is 3. The van der Waals surface area contributed by atoms with Crippen LogP contribution in [0.2, 0.25) is 0 Å². The average Bonchev–Trinajstić information content (AvgIpc) is 2.59. The Morgan fingerprint density at radius 3 is 2.52 bits per heavy atom. The highest BCUT2D eigenvalue weighted by Crippen LogP contribution is 2.36. The number of esters is 1. The Labute approximate surface area is 148 Å². The van der Waals surface area contributed by atoms with Crippen LogP contribution >= 0.6 is 0 Å². The van der Waals surface area contributed by atoms with Crippen molar-refractivity contribution < 1.29 is 28.9 Å². The van der Waals surface area contributed by atoms with Crippen molar-refractivity contribution in [1.82, 2.24) is 0 Å². The predicted octanol–water partition coefficient (Wildman–Crippen LogP) is 2.79. The number of carboxylic acids is 1. The van der Waals surface area contributed by atoms with Crippen molar-refractivity contribution in [2.24, 2.45) is 5.41 Å². The molecule has 1 aromatic carbocycles. The van der Waals surface area contributed by atoms with Gasteiger partial charge in [-0.15, -0.1) is 0 Å². The molecule has 0 aromatic heterocycles. The second kappa shape index (κ2) is 8.45. The monoisotopic (exact) mass is 350 g/mol. The maximum Gasteiger partial charge on any atom is 0.313 e. The number of hydrogen-bond donors (Lipinski definition) is 1. The lowest BCUT2D eigenvalue weighted by Crippen LogP contribution is -2.48. The molecule has 1 fully saturated rings. The lowest BCUT2D eigenvalue weighted by Gasteiger charge is -2.41. The third kappa shape index (κ3) is 5.28. The molecule has 3 atom stereocenters. The van der Waals surface area contributed by atoms with Crippen LogP contribution in [-0.2, 0) is 30.4 Å². The topological polar surface area (TPSA) is 82.1 Å². The van der Waals surface area contributed by atoms with Crippen molar-refractivity contribution in [3.05, 3.63) is 35.9 Å². The van der Waals surface area contributed by atoms with Crippen LogP contribution in [0, 0.1) is 5.41 Å². The number of methoxy groups -OCH3 is 1. The van der Waals surface area contributed by atoms with E-state index < -0.39 is 23.6 Å². The van der Waals surface area contributed by atoms with E-state index in [1.54, 1.807) is 13.8 Å². The quantitative estimate of drug-likeness (QED) is 0.762. The highest BCUT2D eigenvalue weighted by Gasteiger charge is 2.44. The van der Waals surface area contributed by atoms with E-state index in [9.17, 15) is 9.59 Å². The summed E-state index contributed by atoms with van der Waals surface area (Å²) in [6.07, 6.45) is -0.219. The third-order valence-electron chi connectivity index (χ3n) is 4.61. The summed E-state index contributed by atoms with van der Waals surface area (Å²) < 4.78 is 16.8. The minimum Gasteiger partial charge on any atom is -0.481 e. The summed E-state index contributed by atoms with van der Waals surface area (Å²) in [4.78, 5) is 23.2. The summed E-state index contributed by atoms with van der Waals surface area (Å²) in [5, 5.41) is 9.09. The molecule has 1 aromatic rings. The molecule has 0 bridgehead atoms. The van der Waals surface area contributed by atoms with Crippen molar-refractivity contribution >= 4 is 11.9 Å². The second-order valence-corrected chi connectivity index (χ2v) is 6.95. The van der Waals surface area contributed by atoms with E-state index in [1.165, 1.54) is 7.11 Å². The van der Waals surface area contributed by atoms with Gasteiger partial charge in [0.2, 0.25) is 0 Å². The highest BCUT2D eigenvalue weighted by atomic mass is 16.5. The molecule has 6 heteroatoms. The van der Waals surface area contributed by atoms with Crippen LogP contribution in [-0.4, -0.2) is 42.5 Å². The molecule has 138 valence electrons. The fourth-order valence-corrected chi connectivity index (χ4v) is 3.08. The van der Waals surface area contributed by atoms with Gasteiger partial charge >= 0.3 is 11.9 Å². The van der Waals surface area contributed by atoms with Crippen LogP contribution in [0.3, 0.4) is 0 Å². The molecule has 2 rings (SSSR count). The first kappa shape index (κ1) is 19.4. The van der Waals surface area contributed by atoms with Crippen molar-refractivity contribution in [2.45, 2.75) is 58.0 Å². The fourth-order valence-electron chi connectivity index (χ4n) is 3.08. The molecule has 1 heterocycles. The smallest absolute Gasteiger partial charge is 0.313 e. The van der Waals surface area contributed by atoms with E-state index in [0.717, 1.165) is 5.56 Å². The van der Waals surface area contributed by atoms with Gasteiger partial charge in [-0.25, -0.2) is 0 Å². The van der Waals surface area contributed by atoms with E-state index in [1.807, 2.05) is 30.3 Å². The first-order chi connectivity index (χ1) is 11.8. The van der Waals surface area contributed by atoms with Crippen LogP contribution in [0.15, 0.2) is 30.3 Å². The van der Waals surface area contributed by atoms with E-state index in [2.05, 4.69) is 0 Å². The molecule has 1 aliphatic rings. The number of rotatable bonds is 7. The number of carboxylic acid groups (broad SMARTS) is 1. The van der Waals surface area contributed by atoms with Crippen molar-refractivity contribution in [3.63, 3.8) is 0 Å². The van der Waals surface area contributed by atoms with Gasteiger partial charge in [0.1, 0.15) is 0 Å². The van der Waals surface area contributed by atoms with Gasteiger partial charge in [-0.3, -0.25) is 9.59 Å². The molecule has 1 saturated heterocycles. The van der Waals surface area contributed by atoms with Crippen molar-refractivity contribution in [1.29, 1.82) is 0 Å². The lowest BCUT2D eigenvalue weighted by atomic mass is 9.80. The molecule has 25 heavy (non-hydrogen) atoms. The SMILES string of the molecule is COC(=O)C(C)(C)[C@H]1C[C@H](OCc2ccccc2)C[C@H](CC(=O)O)O1. The Morgan fingerprint density at radius 2 is 1.92 bits per heavy atom. The normalized spacial score (nSPS) is 23.9. The molecule has 1 aliphatic heterocycles. The minimum absolute atomic E-state index is 0.112. The van der Waals surface area contributed by atoms with E-state index in [4.69, 9.17) is 19.3 Å². The van der Waals surface area contributed by atoms with Gasteiger partial charge in [-0.1, -0.05) is 30.3 Å². The molecule has 0 unspecified atom stereocenters. The molecular weight excluding hydrogens is 324 g/mol. The van der Waals surface area contributed by atoms with Crippen LogP contribution in [0.1, 0.15) is 38.7 Å². The van der Waals surface area contributed by atoms with Gasteiger partial charge < -0.3 is 19.3 Å². The highest BCUT2D eigenvalue weighted by molar-refractivity contribution is 5.76. The standard InChI is InChI=1S/C19H26O6/c1-19(2,18(22)23-3)16-10-14(9-15(25-16)11-17(20)21)24-12-13-7-5-4-6-8-13/h4-8,14-16H,9-12H2,1-3H3,(H,20,21)/t14-,15-,16-/m1/s1. The maximum absolute atomic E-state index is 12.1. The van der Waals surface area contributed by atoms with Crippen LogP contribution in [0.5, 0.6) is 0 Å². The zero-order valence-electron chi connectivity index (χ0n) is 14.9. The molecular formula is C19H26O6. The summed E-state index contributed by atoms with van der Waals surface area (Å²) >= 11 is 0. The summed E-state index contributed by atoms with van der Waals surface area (Å²) in [6.45, 7) is 3.94. The molecule has 0 amide bonds. The van der Waals surface area contributed by atoms with E-state index in [0.29, 0.717) is 19.4 Å². The Balaban J connectivity index is 2.07. The number of carbonyl (C=O) groups is 2. The van der Waals surface area contributed by atoms with Crippen LogP contribution in [0.25, 0.3) is 0 Å².